The molecule has 2 atom stereocenters. The molecule has 2 aromatic rings. The molecule has 0 aromatic heterocycles. The molecule has 0 radical (unpaired) electrons. The summed E-state index contributed by atoms with van der Waals surface area (Å²) in [4.78, 5) is 0.295. The monoisotopic (exact) mass is 304 g/mol. The van der Waals surface area contributed by atoms with Crippen molar-refractivity contribution in [1.82, 2.24) is 0 Å². The molecule has 2 unspecified atom stereocenters. The molecular weight excluding hydrogens is 288 g/mol. The number of hydrogen-bond donors (Lipinski definition) is 0. The van der Waals surface area contributed by atoms with Gasteiger partial charge in [-0.25, -0.2) is 0 Å². The lowest BCUT2D eigenvalue weighted by molar-refractivity contribution is 0.0162. The van der Waals surface area contributed by atoms with Gasteiger partial charge >= 0.3 is 0 Å². The summed E-state index contributed by atoms with van der Waals surface area (Å²) in [6, 6.07) is 15.1. The van der Waals surface area contributed by atoms with Gasteiger partial charge in [0.1, 0.15) is 0 Å². The number of rotatable bonds is 2. The highest BCUT2D eigenvalue weighted by molar-refractivity contribution is 9.09. The Kier molecular flexibility index (Phi) is 3.67. The van der Waals surface area contributed by atoms with Crippen LogP contribution in [0.15, 0.2) is 42.5 Å². The molecule has 1 nitrogen and oxygen atoms in total. The van der Waals surface area contributed by atoms with E-state index in [2.05, 4.69) is 58.4 Å². The summed E-state index contributed by atoms with van der Waals surface area (Å²) in [5, 5.41) is 2.63. The van der Waals surface area contributed by atoms with E-state index in [-0.39, 0.29) is 0 Å². The maximum Gasteiger partial charge on any atom is 0.0741 e. The van der Waals surface area contributed by atoms with Gasteiger partial charge in [0.2, 0.25) is 0 Å². The number of benzene rings is 2. The average molecular weight is 305 g/mol. The van der Waals surface area contributed by atoms with Gasteiger partial charge in [-0.05, 0) is 35.6 Å². The molecule has 2 aromatic carbocycles. The third-order valence-corrected chi connectivity index (χ3v) is 4.74. The minimum absolute atomic E-state index is 0.295. The molecule has 3 rings (SSSR count). The zero-order chi connectivity index (χ0) is 12.4. The predicted octanol–water partition coefficient (Wildman–Crippen LogP) is 4.84. The Morgan fingerprint density at radius 3 is 2.72 bits per heavy atom. The summed E-state index contributed by atoms with van der Waals surface area (Å²) in [6.45, 7) is 0.900. The normalized spacial score (nSPS) is 21.9. The Morgan fingerprint density at radius 1 is 1.06 bits per heavy atom. The van der Waals surface area contributed by atoms with Gasteiger partial charge in [0, 0.05) is 6.61 Å². The van der Waals surface area contributed by atoms with Crippen LogP contribution in [0.5, 0.6) is 0 Å². The van der Waals surface area contributed by atoms with E-state index in [1.807, 2.05) is 0 Å². The van der Waals surface area contributed by atoms with Crippen LogP contribution in [0.4, 0.5) is 0 Å². The highest BCUT2D eigenvalue weighted by Crippen LogP contribution is 2.36. The number of alkyl halides is 1. The fourth-order valence-electron chi connectivity index (χ4n) is 2.69. The molecule has 94 valence electrons. The zero-order valence-corrected chi connectivity index (χ0v) is 11.9. The van der Waals surface area contributed by atoms with Crippen LogP contribution in [0.3, 0.4) is 0 Å². The van der Waals surface area contributed by atoms with E-state index >= 15 is 0 Å². The van der Waals surface area contributed by atoms with Crippen molar-refractivity contribution in [2.24, 2.45) is 0 Å². The third kappa shape index (κ3) is 2.32. The van der Waals surface area contributed by atoms with Crippen LogP contribution in [0.1, 0.15) is 29.7 Å². The lowest BCUT2D eigenvalue weighted by atomic mass is 9.96. The third-order valence-electron chi connectivity index (χ3n) is 3.66. The summed E-state index contributed by atoms with van der Waals surface area (Å²) in [5.74, 6) is 0. The fraction of sp³-hybridized carbons (Fsp3) is 0.375. The van der Waals surface area contributed by atoms with Gasteiger partial charge in [0.25, 0.3) is 0 Å². The number of fused-ring (bicyclic) bond motifs is 1. The standard InChI is InChI=1S/C16H17BrO/c17-16(15-10-3-4-11-18-15)14-9-5-7-12-6-1-2-8-13(12)14/h1-2,5-9,15-16H,3-4,10-11H2. The molecule has 0 saturated carbocycles. The molecule has 0 spiro atoms. The van der Waals surface area contributed by atoms with Crippen LogP contribution < -0.4 is 0 Å². The molecule has 2 heteroatoms. The topological polar surface area (TPSA) is 9.23 Å². The summed E-state index contributed by atoms with van der Waals surface area (Å²) in [6.07, 6.45) is 3.94. The highest BCUT2D eigenvalue weighted by Gasteiger charge is 2.24. The van der Waals surface area contributed by atoms with Crippen molar-refractivity contribution in [2.75, 3.05) is 6.61 Å². The highest BCUT2D eigenvalue weighted by atomic mass is 79.9. The lowest BCUT2D eigenvalue weighted by Gasteiger charge is -2.27. The van der Waals surface area contributed by atoms with Gasteiger partial charge in [-0.15, -0.1) is 0 Å². The summed E-state index contributed by atoms with van der Waals surface area (Å²) in [5.41, 5.74) is 1.35. The van der Waals surface area contributed by atoms with E-state index in [0.717, 1.165) is 13.0 Å². The fourth-order valence-corrected chi connectivity index (χ4v) is 3.50. The van der Waals surface area contributed by atoms with E-state index in [1.54, 1.807) is 0 Å². The summed E-state index contributed by atoms with van der Waals surface area (Å²) in [7, 11) is 0. The van der Waals surface area contributed by atoms with Crippen molar-refractivity contribution >= 4 is 26.7 Å². The molecule has 1 aliphatic rings. The van der Waals surface area contributed by atoms with E-state index in [4.69, 9.17) is 4.74 Å². The quantitative estimate of drug-likeness (QED) is 0.721. The second-order valence-corrected chi connectivity index (χ2v) is 5.86. The molecule has 0 amide bonds. The van der Waals surface area contributed by atoms with Gasteiger partial charge in [-0.1, -0.05) is 58.4 Å². The first-order chi connectivity index (χ1) is 8.86. The number of ether oxygens (including phenoxy) is 1. The first-order valence-electron chi connectivity index (χ1n) is 6.59. The van der Waals surface area contributed by atoms with E-state index < -0.39 is 0 Å². The zero-order valence-electron chi connectivity index (χ0n) is 10.3. The second-order valence-electron chi connectivity index (χ2n) is 4.88. The van der Waals surface area contributed by atoms with Crippen LogP contribution in [-0.2, 0) is 4.74 Å². The van der Waals surface area contributed by atoms with Crippen molar-refractivity contribution in [3.63, 3.8) is 0 Å². The molecule has 1 fully saturated rings. The van der Waals surface area contributed by atoms with Crippen LogP contribution in [-0.4, -0.2) is 12.7 Å². The largest absolute Gasteiger partial charge is 0.377 e. The molecule has 0 bridgehead atoms. The van der Waals surface area contributed by atoms with Crippen LogP contribution >= 0.6 is 15.9 Å². The summed E-state index contributed by atoms with van der Waals surface area (Å²) < 4.78 is 5.90. The van der Waals surface area contributed by atoms with Gasteiger partial charge in [0.15, 0.2) is 0 Å². The van der Waals surface area contributed by atoms with Crippen LogP contribution in [0, 0.1) is 0 Å². The Balaban J connectivity index is 1.97. The molecule has 1 aliphatic heterocycles. The van der Waals surface area contributed by atoms with E-state index in [0.29, 0.717) is 10.9 Å². The van der Waals surface area contributed by atoms with Crippen LogP contribution in [0.25, 0.3) is 10.8 Å². The smallest absolute Gasteiger partial charge is 0.0741 e. The average Bonchev–Trinajstić information content (AvgIpc) is 2.47. The number of hydrogen-bond acceptors (Lipinski definition) is 1. The molecule has 18 heavy (non-hydrogen) atoms. The molecule has 1 saturated heterocycles. The first-order valence-corrected chi connectivity index (χ1v) is 7.51. The molecule has 0 N–H and O–H groups in total. The first kappa shape index (κ1) is 12.2. The van der Waals surface area contributed by atoms with Crippen LogP contribution in [0.2, 0.25) is 0 Å². The maximum atomic E-state index is 5.90. The Bertz CT molecular complexity index is 526. The van der Waals surface area contributed by atoms with Gasteiger partial charge < -0.3 is 4.74 Å². The second kappa shape index (κ2) is 5.41. The SMILES string of the molecule is BrC(c1cccc2ccccc12)C1CCCCO1. The van der Waals surface area contributed by atoms with Crippen molar-refractivity contribution in [1.29, 1.82) is 0 Å². The van der Waals surface area contributed by atoms with Crippen molar-refractivity contribution in [3.8, 4) is 0 Å². The maximum absolute atomic E-state index is 5.90. The van der Waals surface area contributed by atoms with Gasteiger partial charge in [0.05, 0.1) is 10.9 Å². The van der Waals surface area contributed by atoms with E-state index in [1.165, 1.54) is 29.2 Å². The Morgan fingerprint density at radius 2 is 1.89 bits per heavy atom. The minimum atomic E-state index is 0.295. The van der Waals surface area contributed by atoms with Gasteiger partial charge in [-0.2, -0.15) is 0 Å². The molecule has 1 heterocycles. The predicted molar refractivity (Wildman–Crippen MR) is 79.2 cm³/mol. The summed E-state index contributed by atoms with van der Waals surface area (Å²) >= 11 is 3.84. The van der Waals surface area contributed by atoms with Crippen molar-refractivity contribution < 1.29 is 4.74 Å². The van der Waals surface area contributed by atoms with Gasteiger partial charge in [-0.3, -0.25) is 0 Å². The molecular formula is C16H17BrO. The Hall–Kier alpha value is -0.860. The minimum Gasteiger partial charge on any atom is -0.377 e. The molecule has 0 aliphatic carbocycles. The number of halogens is 1. The lowest BCUT2D eigenvalue weighted by Crippen LogP contribution is -2.23. The Labute approximate surface area is 116 Å². The van der Waals surface area contributed by atoms with Crippen molar-refractivity contribution in [3.05, 3.63) is 48.0 Å². The van der Waals surface area contributed by atoms with E-state index in [9.17, 15) is 0 Å². The van der Waals surface area contributed by atoms with Crippen molar-refractivity contribution in [2.45, 2.75) is 30.2 Å².